The summed E-state index contributed by atoms with van der Waals surface area (Å²) in [6.45, 7) is 2.39. The Kier molecular flexibility index (Phi) is 5.81. The summed E-state index contributed by atoms with van der Waals surface area (Å²) in [6, 6.07) is 5.26. The number of carbonyl (C=O) groups excluding carboxylic acids is 2. The number of Topliss-reactive ketones (excluding diaryl/α,β-unsaturated/α-hetero) is 1. The third-order valence-corrected chi connectivity index (χ3v) is 4.86. The van der Waals surface area contributed by atoms with Gasteiger partial charge in [-0.15, -0.1) is 0 Å². The molecule has 126 valence electrons. The van der Waals surface area contributed by atoms with Crippen LogP contribution in [0.1, 0.15) is 43.0 Å². The van der Waals surface area contributed by atoms with Crippen LogP contribution in [0.15, 0.2) is 22.7 Å². The molecular weight excluding hydrogens is 360 g/mol. The lowest BCUT2D eigenvalue weighted by atomic mass is 9.95. The van der Waals surface area contributed by atoms with Crippen molar-refractivity contribution < 1.29 is 14.3 Å². The van der Waals surface area contributed by atoms with E-state index in [1.165, 1.54) is 7.11 Å². The molecule has 0 bridgehead atoms. The highest BCUT2D eigenvalue weighted by atomic mass is 79.9. The van der Waals surface area contributed by atoms with Crippen molar-refractivity contribution in [3.8, 4) is 5.75 Å². The van der Waals surface area contributed by atoms with Crippen molar-refractivity contribution in [3.05, 3.63) is 28.2 Å². The van der Waals surface area contributed by atoms with Gasteiger partial charge in [-0.3, -0.25) is 9.59 Å². The summed E-state index contributed by atoms with van der Waals surface area (Å²) >= 11 is 3.34. The maximum atomic E-state index is 12.4. The van der Waals surface area contributed by atoms with E-state index in [0.717, 1.165) is 17.3 Å². The topological polar surface area (TPSA) is 81.4 Å². The van der Waals surface area contributed by atoms with Gasteiger partial charge in [-0.25, -0.2) is 0 Å². The van der Waals surface area contributed by atoms with Crippen LogP contribution < -0.4 is 15.8 Å². The van der Waals surface area contributed by atoms with E-state index >= 15 is 0 Å². The van der Waals surface area contributed by atoms with Crippen molar-refractivity contribution in [1.29, 1.82) is 0 Å². The molecule has 5 nitrogen and oxygen atoms in total. The second-order valence-electron chi connectivity index (χ2n) is 6.21. The maximum Gasteiger partial charge on any atom is 0.220 e. The molecule has 1 unspecified atom stereocenters. The molecule has 1 atom stereocenters. The summed E-state index contributed by atoms with van der Waals surface area (Å²) in [5.74, 6) is 0.729. The number of ketones is 1. The molecule has 1 saturated carbocycles. The average molecular weight is 383 g/mol. The molecule has 2 rings (SSSR count). The first-order chi connectivity index (χ1) is 10.9. The molecule has 6 heteroatoms. The molecule has 23 heavy (non-hydrogen) atoms. The molecule has 0 aromatic heterocycles. The predicted molar refractivity (Wildman–Crippen MR) is 92.6 cm³/mol. The lowest BCUT2D eigenvalue weighted by Gasteiger charge is -2.29. The van der Waals surface area contributed by atoms with Crippen molar-refractivity contribution >= 4 is 27.6 Å². The van der Waals surface area contributed by atoms with E-state index in [-0.39, 0.29) is 30.1 Å². The number of benzene rings is 1. The number of methoxy groups -OCH3 is 1. The van der Waals surface area contributed by atoms with E-state index in [2.05, 4.69) is 21.2 Å². The molecule has 1 aromatic rings. The van der Waals surface area contributed by atoms with Gasteiger partial charge in [0.05, 0.1) is 18.2 Å². The Labute approximate surface area is 145 Å². The number of carbonyl (C=O) groups is 2. The second-order valence-corrected chi connectivity index (χ2v) is 7.13. The molecule has 1 aromatic carbocycles. The Bertz CT molecular complexity index is 602. The van der Waals surface area contributed by atoms with Crippen molar-refractivity contribution in [2.24, 2.45) is 11.7 Å². The first kappa shape index (κ1) is 17.9. The number of ether oxygens (including phenoxy) is 1. The number of nitrogens with one attached hydrogen (secondary N) is 1. The zero-order valence-electron chi connectivity index (χ0n) is 13.5. The summed E-state index contributed by atoms with van der Waals surface area (Å²) in [6.07, 6.45) is 2.49. The number of hydrogen-bond acceptors (Lipinski definition) is 4. The number of amides is 1. The molecule has 0 spiro atoms. The van der Waals surface area contributed by atoms with Crippen LogP contribution in [0.3, 0.4) is 0 Å². The van der Waals surface area contributed by atoms with Crippen LogP contribution in [0.5, 0.6) is 5.75 Å². The standard InChI is InChI=1S/C17H23BrN2O3/c1-17(10-19,11-3-4-11)20-16(22)8-6-14(21)13-9-12(18)5-7-15(13)23-2/h5,7,9,11H,3-4,6,8,10,19H2,1-2H3,(H,20,22). The Morgan fingerprint density at radius 3 is 2.65 bits per heavy atom. The number of rotatable bonds is 8. The van der Waals surface area contributed by atoms with Gasteiger partial charge < -0.3 is 15.8 Å². The average Bonchev–Trinajstić information content (AvgIpc) is 3.37. The maximum absolute atomic E-state index is 12.4. The summed E-state index contributed by atoms with van der Waals surface area (Å²) in [7, 11) is 1.52. The lowest BCUT2D eigenvalue weighted by Crippen LogP contribution is -2.53. The molecule has 0 radical (unpaired) electrons. The summed E-state index contributed by atoms with van der Waals surface area (Å²) in [5, 5.41) is 3.00. The van der Waals surface area contributed by atoms with Crippen molar-refractivity contribution in [1.82, 2.24) is 5.32 Å². The molecule has 0 heterocycles. The Balaban J connectivity index is 1.94. The van der Waals surface area contributed by atoms with E-state index in [0.29, 0.717) is 23.8 Å². The SMILES string of the molecule is COc1ccc(Br)cc1C(=O)CCC(=O)NC(C)(CN)C1CC1. The zero-order chi connectivity index (χ0) is 17.0. The van der Waals surface area contributed by atoms with Crippen LogP contribution in [0.4, 0.5) is 0 Å². The van der Waals surface area contributed by atoms with Gasteiger partial charge in [-0.2, -0.15) is 0 Å². The molecule has 1 aliphatic rings. The van der Waals surface area contributed by atoms with Crippen LogP contribution in [0, 0.1) is 5.92 Å². The highest BCUT2D eigenvalue weighted by Crippen LogP contribution is 2.39. The van der Waals surface area contributed by atoms with Crippen LogP contribution in [0.25, 0.3) is 0 Å². The minimum atomic E-state index is -0.354. The Morgan fingerprint density at radius 1 is 1.39 bits per heavy atom. The Morgan fingerprint density at radius 2 is 2.09 bits per heavy atom. The summed E-state index contributed by atoms with van der Waals surface area (Å²) < 4.78 is 6.01. The zero-order valence-corrected chi connectivity index (χ0v) is 15.1. The van der Waals surface area contributed by atoms with Crippen LogP contribution in [-0.4, -0.2) is 30.9 Å². The van der Waals surface area contributed by atoms with E-state index in [1.54, 1.807) is 12.1 Å². The van der Waals surface area contributed by atoms with Gasteiger partial charge in [0.25, 0.3) is 0 Å². The van der Waals surface area contributed by atoms with E-state index < -0.39 is 0 Å². The highest BCUT2D eigenvalue weighted by molar-refractivity contribution is 9.10. The van der Waals surface area contributed by atoms with Gasteiger partial charge in [0.2, 0.25) is 5.91 Å². The second kappa shape index (κ2) is 7.45. The largest absolute Gasteiger partial charge is 0.496 e. The van der Waals surface area contributed by atoms with E-state index in [1.807, 2.05) is 13.0 Å². The molecule has 1 amide bonds. The summed E-state index contributed by atoms with van der Waals surface area (Å²) in [4.78, 5) is 24.5. The van der Waals surface area contributed by atoms with E-state index in [9.17, 15) is 9.59 Å². The highest BCUT2D eigenvalue weighted by Gasteiger charge is 2.41. The number of nitrogens with two attached hydrogens (primary N) is 1. The monoisotopic (exact) mass is 382 g/mol. The molecule has 0 aliphatic heterocycles. The summed E-state index contributed by atoms with van der Waals surface area (Å²) in [5.41, 5.74) is 5.93. The van der Waals surface area contributed by atoms with Gasteiger partial charge in [-0.1, -0.05) is 15.9 Å². The van der Waals surface area contributed by atoms with Gasteiger partial charge >= 0.3 is 0 Å². The van der Waals surface area contributed by atoms with Crippen molar-refractivity contribution in [2.75, 3.05) is 13.7 Å². The molecular formula is C17H23BrN2O3. The number of hydrogen-bond donors (Lipinski definition) is 2. The van der Waals surface area contributed by atoms with Crippen molar-refractivity contribution in [3.63, 3.8) is 0 Å². The fraction of sp³-hybridized carbons (Fsp3) is 0.529. The molecule has 3 N–H and O–H groups in total. The fourth-order valence-corrected chi connectivity index (χ4v) is 3.04. The quantitative estimate of drug-likeness (QED) is 0.677. The predicted octanol–water partition coefficient (Wildman–Crippen LogP) is 2.66. The lowest BCUT2D eigenvalue weighted by molar-refractivity contribution is -0.123. The van der Waals surface area contributed by atoms with Crippen molar-refractivity contribution in [2.45, 2.75) is 38.1 Å². The molecule has 0 saturated heterocycles. The normalized spacial score (nSPS) is 16.5. The third-order valence-electron chi connectivity index (χ3n) is 4.37. The van der Waals surface area contributed by atoms with Gasteiger partial charge in [0.1, 0.15) is 5.75 Å². The van der Waals surface area contributed by atoms with Gasteiger partial charge in [0.15, 0.2) is 5.78 Å². The smallest absolute Gasteiger partial charge is 0.220 e. The van der Waals surface area contributed by atoms with Gasteiger partial charge in [-0.05, 0) is 43.9 Å². The minimum Gasteiger partial charge on any atom is -0.496 e. The molecule has 1 aliphatic carbocycles. The fourth-order valence-electron chi connectivity index (χ4n) is 2.68. The molecule has 1 fully saturated rings. The minimum absolute atomic E-state index is 0.112. The van der Waals surface area contributed by atoms with Gasteiger partial charge in [0, 0.05) is 23.9 Å². The number of halogens is 1. The van der Waals surface area contributed by atoms with E-state index in [4.69, 9.17) is 10.5 Å². The third kappa shape index (κ3) is 4.54. The first-order valence-electron chi connectivity index (χ1n) is 7.77. The van der Waals surface area contributed by atoms with Crippen LogP contribution >= 0.6 is 15.9 Å². The van der Waals surface area contributed by atoms with Crippen LogP contribution in [0.2, 0.25) is 0 Å². The first-order valence-corrected chi connectivity index (χ1v) is 8.56. The Hall–Kier alpha value is -1.40. The van der Waals surface area contributed by atoms with Crippen LogP contribution in [-0.2, 0) is 4.79 Å².